The number of aliphatic hydroxyl groups is 1. The van der Waals surface area contributed by atoms with Crippen LogP contribution in [0.3, 0.4) is 0 Å². The maximum atomic E-state index is 12.2. The Bertz CT molecular complexity index is 788. The van der Waals surface area contributed by atoms with Crippen LogP contribution in [0.4, 0.5) is 0 Å². The Morgan fingerprint density at radius 2 is 2.00 bits per heavy atom. The van der Waals surface area contributed by atoms with Crippen molar-refractivity contribution in [1.29, 1.82) is 0 Å². The number of rotatable bonds is 9. The van der Waals surface area contributed by atoms with Crippen LogP contribution in [-0.2, 0) is 6.42 Å². The summed E-state index contributed by atoms with van der Waals surface area (Å²) in [4.78, 5) is 12.2. The van der Waals surface area contributed by atoms with Crippen LogP contribution in [-0.4, -0.2) is 42.3 Å². The van der Waals surface area contributed by atoms with Gasteiger partial charge in [0.15, 0.2) is 5.78 Å². The minimum Gasteiger partial charge on any atom is -0.491 e. The molecule has 1 atom stereocenters. The molecular weight excluding hydrogens is 354 g/mol. The molecule has 5 nitrogen and oxygen atoms in total. The summed E-state index contributed by atoms with van der Waals surface area (Å²) in [6.45, 7) is 5.29. The van der Waals surface area contributed by atoms with E-state index in [0.29, 0.717) is 30.0 Å². The third-order valence-electron chi connectivity index (χ3n) is 4.71. The predicted molar refractivity (Wildman–Crippen MR) is 109 cm³/mol. The Kier molecular flexibility index (Phi) is 6.70. The molecule has 2 N–H and O–H groups in total. The first-order chi connectivity index (χ1) is 13.4. The number of aliphatic hydroxyl groups excluding tert-OH is 1. The number of ketones is 1. The van der Waals surface area contributed by atoms with E-state index in [1.165, 1.54) is 5.56 Å². The molecule has 0 aromatic heterocycles. The number of carbonyl (C=O) groups excluding carboxylic acids is 1. The molecule has 0 saturated carbocycles. The summed E-state index contributed by atoms with van der Waals surface area (Å²) in [5.74, 6) is 1.22. The lowest BCUT2D eigenvalue weighted by Gasteiger charge is -2.31. The lowest BCUT2D eigenvalue weighted by atomic mass is 9.93. The van der Waals surface area contributed by atoms with Crippen molar-refractivity contribution >= 4 is 5.78 Å². The second-order valence-electron chi connectivity index (χ2n) is 7.88. The number of nitrogens with one attached hydrogen (secondary N) is 1. The topological polar surface area (TPSA) is 67.8 Å². The fraction of sp³-hybridized carbons (Fsp3) is 0.435. The summed E-state index contributed by atoms with van der Waals surface area (Å²) in [6, 6.07) is 15.6. The lowest BCUT2D eigenvalue weighted by molar-refractivity contribution is 0.0615. The SMILES string of the molecule is CC1(C)CC(=O)c2ccc(OC[C@@H](O)CNCCCc3ccccc3)cc2O1. The van der Waals surface area contributed by atoms with Crippen LogP contribution in [0.5, 0.6) is 11.5 Å². The Morgan fingerprint density at radius 3 is 2.79 bits per heavy atom. The number of fused-ring (bicyclic) bond motifs is 1. The molecule has 0 amide bonds. The molecule has 28 heavy (non-hydrogen) atoms. The van der Waals surface area contributed by atoms with Gasteiger partial charge in [0, 0.05) is 12.6 Å². The van der Waals surface area contributed by atoms with E-state index in [9.17, 15) is 9.90 Å². The number of hydrogen-bond donors (Lipinski definition) is 2. The van der Waals surface area contributed by atoms with Crippen molar-refractivity contribution in [1.82, 2.24) is 5.32 Å². The molecule has 5 heteroatoms. The quantitative estimate of drug-likeness (QED) is 0.650. The summed E-state index contributed by atoms with van der Waals surface area (Å²) >= 11 is 0. The molecule has 0 spiro atoms. The highest BCUT2D eigenvalue weighted by Crippen LogP contribution is 2.35. The second-order valence-corrected chi connectivity index (χ2v) is 7.88. The molecule has 0 unspecified atom stereocenters. The lowest BCUT2D eigenvalue weighted by Crippen LogP contribution is -2.36. The minimum absolute atomic E-state index is 0.0811. The molecule has 0 radical (unpaired) electrons. The summed E-state index contributed by atoms with van der Waals surface area (Å²) in [6.07, 6.45) is 1.80. The first-order valence-corrected chi connectivity index (χ1v) is 9.85. The molecule has 0 bridgehead atoms. The Balaban J connectivity index is 1.39. The number of carbonyl (C=O) groups is 1. The van der Waals surface area contributed by atoms with Gasteiger partial charge < -0.3 is 19.9 Å². The first-order valence-electron chi connectivity index (χ1n) is 9.85. The second kappa shape index (κ2) is 9.22. The van der Waals surface area contributed by atoms with E-state index in [1.54, 1.807) is 18.2 Å². The number of ether oxygens (including phenoxy) is 2. The highest BCUT2D eigenvalue weighted by Gasteiger charge is 2.32. The van der Waals surface area contributed by atoms with E-state index in [4.69, 9.17) is 9.47 Å². The average Bonchev–Trinajstić information content (AvgIpc) is 2.65. The van der Waals surface area contributed by atoms with Gasteiger partial charge in [-0.1, -0.05) is 30.3 Å². The minimum atomic E-state index is -0.605. The van der Waals surface area contributed by atoms with Crippen molar-refractivity contribution in [3.05, 3.63) is 59.7 Å². The molecule has 1 heterocycles. The van der Waals surface area contributed by atoms with E-state index in [0.717, 1.165) is 19.4 Å². The van der Waals surface area contributed by atoms with Crippen LogP contribution >= 0.6 is 0 Å². The van der Waals surface area contributed by atoms with E-state index < -0.39 is 11.7 Å². The van der Waals surface area contributed by atoms with Crippen LogP contribution in [0.25, 0.3) is 0 Å². The molecule has 1 aliphatic heterocycles. The molecule has 0 fully saturated rings. The molecule has 0 saturated heterocycles. The first kappa shape index (κ1) is 20.4. The highest BCUT2D eigenvalue weighted by molar-refractivity contribution is 6.00. The molecule has 150 valence electrons. The average molecular weight is 383 g/mol. The summed E-state index contributed by atoms with van der Waals surface area (Å²) in [5.41, 5.74) is 1.41. The fourth-order valence-electron chi connectivity index (χ4n) is 3.31. The van der Waals surface area contributed by atoms with Crippen LogP contribution in [0.15, 0.2) is 48.5 Å². The highest BCUT2D eigenvalue weighted by atomic mass is 16.5. The van der Waals surface area contributed by atoms with Gasteiger partial charge in [0.2, 0.25) is 0 Å². The molecule has 2 aromatic carbocycles. The standard InChI is InChI=1S/C23H29NO4/c1-23(2)14-21(26)20-11-10-19(13-22(20)28-23)27-16-18(25)15-24-12-6-9-17-7-4-3-5-8-17/h3-5,7-8,10-11,13,18,24-25H,6,9,12,14-16H2,1-2H3/t18-/m0/s1. The van der Waals surface area contributed by atoms with Gasteiger partial charge in [0.1, 0.15) is 29.8 Å². The molecule has 2 aromatic rings. The van der Waals surface area contributed by atoms with Crippen LogP contribution < -0.4 is 14.8 Å². The van der Waals surface area contributed by atoms with Crippen LogP contribution in [0.2, 0.25) is 0 Å². The predicted octanol–water partition coefficient (Wildman–Crippen LogP) is 3.39. The molecular formula is C23H29NO4. The monoisotopic (exact) mass is 383 g/mol. The van der Waals surface area contributed by atoms with E-state index in [-0.39, 0.29) is 12.4 Å². The maximum absolute atomic E-state index is 12.2. The Hall–Kier alpha value is -2.37. The largest absolute Gasteiger partial charge is 0.491 e. The van der Waals surface area contributed by atoms with Gasteiger partial charge in [0.25, 0.3) is 0 Å². The van der Waals surface area contributed by atoms with Gasteiger partial charge in [0.05, 0.1) is 12.0 Å². The van der Waals surface area contributed by atoms with Crippen molar-refractivity contribution < 1.29 is 19.4 Å². The zero-order valence-electron chi connectivity index (χ0n) is 16.6. The van der Waals surface area contributed by atoms with Crippen molar-refractivity contribution in [2.45, 2.75) is 44.8 Å². The smallest absolute Gasteiger partial charge is 0.170 e. The van der Waals surface area contributed by atoms with Crippen molar-refractivity contribution in [3.63, 3.8) is 0 Å². The Labute approximate surface area is 166 Å². The van der Waals surface area contributed by atoms with E-state index in [1.807, 2.05) is 32.0 Å². The summed E-state index contributed by atoms with van der Waals surface area (Å²) in [5, 5.41) is 13.4. The molecule has 0 aliphatic carbocycles. The van der Waals surface area contributed by atoms with Gasteiger partial charge >= 0.3 is 0 Å². The maximum Gasteiger partial charge on any atom is 0.170 e. The zero-order valence-corrected chi connectivity index (χ0v) is 16.6. The van der Waals surface area contributed by atoms with Crippen LogP contribution in [0, 0.1) is 0 Å². The zero-order chi connectivity index (χ0) is 20.0. The fourth-order valence-corrected chi connectivity index (χ4v) is 3.31. The third kappa shape index (κ3) is 5.81. The summed E-state index contributed by atoms with van der Waals surface area (Å²) < 4.78 is 11.6. The Morgan fingerprint density at radius 1 is 1.21 bits per heavy atom. The van der Waals surface area contributed by atoms with Crippen LogP contribution in [0.1, 0.15) is 42.6 Å². The van der Waals surface area contributed by atoms with Crippen molar-refractivity contribution in [2.24, 2.45) is 0 Å². The number of Topliss-reactive ketones (excluding diaryl/α,β-unsaturated/α-hetero) is 1. The van der Waals surface area contributed by atoms with Gasteiger partial charge in [-0.15, -0.1) is 0 Å². The van der Waals surface area contributed by atoms with E-state index in [2.05, 4.69) is 17.4 Å². The van der Waals surface area contributed by atoms with Gasteiger partial charge in [-0.05, 0) is 50.9 Å². The third-order valence-corrected chi connectivity index (χ3v) is 4.71. The van der Waals surface area contributed by atoms with Gasteiger partial charge in [-0.3, -0.25) is 4.79 Å². The molecule has 3 rings (SSSR count). The number of hydrogen-bond acceptors (Lipinski definition) is 5. The van der Waals surface area contributed by atoms with Crippen molar-refractivity contribution in [3.8, 4) is 11.5 Å². The van der Waals surface area contributed by atoms with Gasteiger partial charge in [-0.2, -0.15) is 0 Å². The normalized spacial score (nSPS) is 16.2. The number of aryl methyl sites for hydroxylation is 1. The number of benzene rings is 2. The van der Waals surface area contributed by atoms with Gasteiger partial charge in [-0.25, -0.2) is 0 Å². The summed E-state index contributed by atoms with van der Waals surface area (Å²) in [7, 11) is 0. The molecule has 1 aliphatic rings. The van der Waals surface area contributed by atoms with E-state index >= 15 is 0 Å². The van der Waals surface area contributed by atoms with Crippen molar-refractivity contribution in [2.75, 3.05) is 19.7 Å².